The maximum atomic E-state index is 4.72. The van der Waals surface area contributed by atoms with Gasteiger partial charge in [0.15, 0.2) is 8.07 Å². The van der Waals surface area contributed by atoms with E-state index in [0.717, 1.165) is 27.8 Å². The summed E-state index contributed by atoms with van der Waals surface area (Å²) in [4.78, 5) is 12.2. The molecule has 12 rings (SSSR count). The summed E-state index contributed by atoms with van der Waals surface area (Å²) in [6.07, 6.45) is 3.71. The van der Waals surface area contributed by atoms with E-state index in [0.29, 0.717) is 0 Å². The van der Waals surface area contributed by atoms with Gasteiger partial charge < -0.3 is 4.57 Å². The lowest BCUT2D eigenvalue weighted by molar-refractivity contribution is 1.17. The minimum Gasteiger partial charge on any atom is -0.306 e. The molecule has 0 bridgehead atoms. The lowest BCUT2D eigenvalue weighted by Gasteiger charge is -2.49. The Morgan fingerprint density at radius 1 is 0.434 bits per heavy atom. The number of rotatable bonds is 2. The number of aromatic nitrogens is 3. The second-order valence-electron chi connectivity index (χ2n) is 14.4. The van der Waals surface area contributed by atoms with Gasteiger partial charge in [0, 0.05) is 27.9 Å². The highest BCUT2D eigenvalue weighted by atomic mass is 32.2. The summed E-state index contributed by atoms with van der Waals surface area (Å²) in [5.41, 5.74) is 13.7. The van der Waals surface area contributed by atoms with Crippen LogP contribution in [0.3, 0.4) is 0 Å². The summed E-state index contributed by atoms with van der Waals surface area (Å²) in [5.74, 6) is 0. The Hall–Kier alpha value is -5.88. The predicted octanol–water partition coefficient (Wildman–Crippen LogP) is 3.07. The third kappa shape index (κ3) is 3.88. The van der Waals surface area contributed by atoms with E-state index in [1.165, 1.54) is 58.1 Å². The fourth-order valence-corrected chi connectivity index (χ4v) is 17.1. The molecular formula is C46H29B2N3SSi. The van der Waals surface area contributed by atoms with Crippen LogP contribution >= 0.6 is 11.8 Å². The summed E-state index contributed by atoms with van der Waals surface area (Å²) in [7, 11) is -2.75. The second-order valence-corrected chi connectivity index (χ2v) is 19.1. The number of fused-ring (bicyclic) bond motifs is 13. The molecule has 7 heteroatoms. The van der Waals surface area contributed by atoms with Gasteiger partial charge in [-0.25, -0.2) is 0 Å². The molecule has 0 unspecified atom stereocenters. The first kappa shape index (κ1) is 29.7. The first-order chi connectivity index (χ1) is 26.3. The van der Waals surface area contributed by atoms with Crippen LogP contribution in [0.15, 0.2) is 186 Å². The minimum atomic E-state index is -2.75. The SMILES string of the molecule is c1ccc2c(c1)Sc1cccc3c1B2c1ccccc1[Si]31c2ccccc2B(c2ccc(-n3c4cccnc4c4ncccc43)cc2)c2ccccc21. The molecule has 0 atom stereocenters. The van der Waals surface area contributed by atoms with Crippen molar-refractivity contribution in [1.29, 1.82) is 0 Å². The summed E-state index contributed by atoms with van der Waals surface area (Å²) >= 11 is 1.95. The molecule has 6 aromatic carbocycles. The number of benzene rings is 6. The van der Waals surface area contributed by atoms with E-state index < -0.39 is 8.07 Å². The van der Waals surface area contributed by atoms with Crippen molar-refractivity contribution < 1.29 is 0 Å². The Balaban J connectivity index is 1.10. The van der Waals surface area contributed by atoms with Crippen molar-refractivity contribution in [3.8, 4) is 5.69 Å². The summed E-state index contributed by atoms with van der Waals surface area (Å²) in [5, 5.41) is 6.09. The van der Waals surface area contributed by atoms with Crippen LogP contribution in [-0.4, -0.2) is 36.0 Å². The van der Waals surface area contributed by atoms with Gasteiger partial charge in [0.2, 0.25) is 13.4 Å². The Morgan fingerprint density at radius 2 is 0.943 bits per heavy atom. The van der Waals surface area contributed by atoms with E-state index >= 15 is 0 Å². The zero-order valence-electron chi connectivity index (χ0n) is 28.6. The molecule has 9 aromatic rings. The minimum absolute atomic E-state index is 0.107. The van der Waals surface area contributed by atoms with Crippen LogP contribution in [0.2, 0.25) is 0 Å². The monoisotopic (exact) mass is 705 g/mol. The van der Waals surface area contributed by atoms with Gasteiger partial charge >= 0.3 is 0 Å². The van der Waals surface area contributed by atoms with Gasteiger partial charge in [-0.05, 0) is 69.3 Å². The Labute approximate surface area is 313 Å². The van der Waals surface area contributed by atoms with Crippen LogP contribution in [0, 0.1) is 0 Å². The van der Waals surface area contributed by atoms with E-state index in [4.69, 9.17) is 9.97 Å². The normalized spacial score (nSPS) is 14.4. The van der Waals surface area contributed by atoms with Crippen LogP contribution in [0.5, 0.6) is 0 Å². The largest absolute Gasteiger partial charge is 0.306 e. The van der Waals surface area contributed by atoms with E-state index in [-0.39, 0.29) is 13.4 Å². The predicted molar refractivity (Wildman–Crippen MR) is 226 cm³/mol. The zero-order chi connectivity index (χ0) is 34.7. The Morgan fingerprint density at radius 3 is 1.57 bits per heavy atom. The molecule has 3 nitrogen and oxygen atoms in total. The standard InChI is InChI=1S/C46H29B2N3SSi/c1-5-18-38-32(12-1)48-35-15-4-8-22-42(35)53(43-23-9-19-39(52-38)44(43)48)40-20-6-2-13-33(40)47(34-14-3-7-21-41(34)53)30-24-26-31(27-25-30)51-36-16-10-28-49-45(36)46-37(51)17-11-29-50-46/h1-29H. The Kier molecular flexibility index (Phi) is 6.19. The second kappa shape index (κ2) is 11.1. The van der Waals surface area contributed by atoms with Gasteiger partial charge in [-0.3, -0.25) is 9.97 Å². The average Bonchev–Trinajstić information content (AvgIpc) is 3.56. The number of pyridine rings is 2. The topological polar surface area (TPSA) is 30.7 Å². The molecular weight excluding hydrogens is 676 g/mol. The zero-order valence-corrected chi connectivity index (χ0v) is 30.5. The molecule has 1 spiro atoms. The molecule has 0 radical (unpaired) electrons. The highest BCUT2D eigenvalue weighted by Crippen LogP contribution is 2.31. The molecule has 0 aliphatic carbocycles. The Bertz CT molecular complexity index is 2880. The molecule has 3 aliphatic rings. The lowest BCUT2D eigenvalue weighted by Crippen LogP contribution is -2.93. The highest BCUT2D eigenvalue weighted by molar-refractivity contribution is 8.00. The highest BCUT2D eigenvalue weighted by Gasteiger charge is 2.56. The maximum Gasteiger partial charge on any atom is 0.243 e. The molecule has 244 valence electrons. The summed E-state index contributed by atoms with van der Waals surface area (Å²) in [6, 6.07) is 62.0. The van der Waals surface area contributed by atoms with Crippen LogP contribution < -0.4 is 53.5 Å². The van der Waals surface area contributed by atoms with Gasteiger partial charge in [0.1, 0.15) is 11.0 Å². The fourth-order valence-electron chi connectivity index (χ4n) is 10.1. The van der Waals surface area contributed by atoms with Crippen LogP contribution in [0.1, 0.15) is 0 Å². The van der Waals surface area contributed by atoms with Gasteiger partial charge in [-0.15, -0.1) is 0 Å². The summed E-state index contributed by atoms with van der Waals surface area (Å²) < 4.78 is 2.29. The van der Waals surface area contributed by atoms with Gasteiger partial charge in [0.05, 0.1) is 11.0 Å². The molecule has 0 saturated heterocycles. The smallest absolute Gasteiger partial charge is 0.243 e. The van der Waals surface area contributed by atoms with Crippen molar-refractivity contribution in [2.24, 2.45) is 0 Å². The van der Waals surface area contributed by atoms with E-state index in [9.17, 15) is 0 Å². The molecule has 0 N–H and O–H groups in total. The van der Waals surface area contributed by atoms with Crippen LogP contribution in [0.4, 0.5) is 0 Å². The van der Waals surface area contributed by atoms with Crippen molar-refractivity contribution in [3.05, 3.63) is 176 Å². The van der Waals surface area contributed by atoms with Crippen LogP contribution in [0.25, 0.3) is 27.8 Å². The van der Waals surface area contributed by atoms with Crippen molar-refractivity contribution in [2.45, 2.75) is 9.79 Å². The number of hydrogen-bond acceptors (Lipinski definition) is 3. The molecule has 3 aliphatic heterocycles. The molecule has 0 saturated carbocycles. The first-order valence-electron chi connectivity index (χ1n) is 18.3. The van der Waals surface area contributed by atoms with Crippen molar-refractivity contribution >= 4 is 109 Å². The quantitative estimate of drug-likeness (QED) is 0.260. The third-order valence-corrected chi connectivity index (χ3v) is 18.2. The molecule has 0 amide bonds. The lowest BCUT2D eigenvalue weighted by atomic mass is 9.36. The van der Waals surface area contributed by atoms with Crippen molar-refractivity contribution in [2.75, 3.05) is 0 Å². The molecule has 3 aromatic heterocycles. The fraction of sp³-hybridized carbons (Fsp3) is 0. The first-order valence-corrected chi connectivity index (χ1v) is 21.1. The van der Waals surface area contributed by atoms with Gasteiger partial charge in [-0.1, -0.05) is 160 Å². The number of hydrogen-bond donors (Lipinski definition) is 0. The van der Waals surface area contributed by atoms with Gasteiger partial charge in [0.25, 0.3) is 0 Å². The molecule has 53 heavy (non-hydrogen) atoms. The van der Waals surface area contributed by atoms with E-state index in [1.807, 2.05) is 36.3 Å². The summed E-state index contributed by atoms with van der Waals surface area (Å²) in [6.45, 7) is 0.333. The van der Waals surface area contributed by atoms with Crippen molar-refractivity contribution in [1.82, 2.24) is 14.5 Å². The van der Waals surface area contributed by atoms with E-state index in [2.05, 4.69) is 156 Å². The maximum absolute atomic E-state index is 4.72. The molecule has 6 heterocycles. The van der Waals surface area contributed by atoms with E-state index in [1.54, 1.807) is 5.19 Å². The molecule has 0 fully saturated rings. The third-order valence-electron chi connectivity index (χ3n) is 12.0. The average molecular weight is 706 g/mol. The van der Waals surface area contributed by atoms with Crippen molar-refractivity contribution in [3.63, 3.8) is 0 Å². The van der Waals surface area contributed by atoms with Crippen LogP contribution in [-0.2, 0) is 0 Å². The number of nitrogens with zero attached hydrogens (tertiary/aromatic N) is 3. The van der Waals surface area contributed by atoms with Gasteiger partial charge in [-0.2, -0.15) is 0 Å².